The standard InChI is InChI=1S/C11H11F3/c12-11(13,14)10-7-2-1-6-9(10)8-4-3-5-8/h1-2,6-8H,3-5H2. The van der Waals surface area contributed by atoms with E-state index in [-0.39, 0.29) is 5.92 Å². The number of benzene rings is 1. The van der Waals surface area contributed by atoms with Gasteiger partial charge in [-0.25, -0.2) is 0 Å². The van der Waals surface area contributed by atoms with Crippen molar-refractivity contribution in [2.45, 2.75) is 31.4 Å². The van der Waals surface area contributed by atoms with Gasteiger partial charge in [-0.2, -0.15) is 13.2 Å². The Hall–Kier alpha value is -0.990. The van der Waals surface area contributed by atoms with Crippen LogP contribution in [0.3, 0.4) is 0 Å². The highest BCUT2D eigenvalue weighted by atomic mass is 19.4. The van der Waals surface area contributed by atoms with E-state index in [1.54, 1.807) is 12.1 Å². The molecule has 0 nitrogen and oxygen atoms in total. The summed E-state index contributed by atoms with van der Waals surface area (Å²) in [5.74, 6) is 0.132. The average Bonchev–Trinajstić information content (AvgIpc) is 2.00. The maximum atomic E-state index is 12.6. The Bertz CT molecular complexity index is 324. The first kappa shape index (κ1) is 9.56. The van der Waals surface area contributed by atoms with Gasteiger partial charge in [0.25, 0.3) is 0 Å². The molecule has 0 N–H and O–H groups in total. The Morgan fingerprint density at radius 1 is 1.07 bits per heavy atom. The van der Waals surface area contributed by atoms with E-state index in [4.69, 9.17) is 0 Å². The Labute approximate surface area is 80.7 Å². The van der Waals surface area contributed by atoms with E-state index in [0.29, 0.717) is 5.56 Å². The van der Waals surface area contributed by atoms with Gasteiger partial charge >= 0.3 is 6.18 Å². The van der Waals surface area contributed by atoms with Gasteiger partial charge in [0.1, 0.15) is 0 Å². The lowest BCUT2D eigenvalue weighted by Crippen LogP contribution is -2.16. The molecule has 76 valence electrons. The fraction of sp³-hybridized carbons (Fsp3) is 0.455. The largest absolute Gasteiger partial charge is 0.416 e. The Morgan fingerprint density at radius 2 is 1.71 bits per heavy atom. The zero-order valence-electron chi connectivity index (χ0n) is 7.64. The smallest absolute Gasteiger partial charge is 0.166 e. The van der Waals surface area contributed by atoms with Crippen molar-refractivity contribution in [2.24, 2.45) is 0 Å². The van der Waals surface area contributed by atoms with Crippen LogP contribution in [0.1, 0.15) is 36.3 Å². The van der Waals surface area contributed by atoms with Crippen molar-refractivity contribution in [3.8, 4) is 0 Å². The highest BCUT2D eigenvalue weighted by Crippen LogP contribution is 2.42. The molecule has 0 atom stereocenters. The van der Waals surface area contributed by atoms with Crippen LogP contribution < -0.4 is 0 Å². The SMILES string of the molecule is FC(F)(F)c1ccccc1C1CCC1. The summed E-state index contributed by atoms with van der Waals surface area (Å²) >= 11 is 0. The summed E-state index contributed by atoms with van der Waals surface area (Å²) in [6.07, 6.45) is -1.36. The molecule has 1 aromatic rings. The molecule has 1 aliphatic carbocycles. The molecule has 0 aromatic heterocycles. The van der Waals surface area contributed by atoms with Crippen molar-refractivity contribution in [3.63, 3.8) is 0 Å². The minimum Gasteiger partial charge on any atom is -0.166 e. The summed E-state index contributed by atoms with van der Waals surface area (Å²) in [5.41, 5.74) is 0.0240. The minimum absolute atomic E-state index is 0.132. The highest BCUT2D eigenvalue weighted by Gasteiger charge is 2.35. The second kappa shape index (κ2) is 3.30. The van der Waals surface area contributed by atoms with Crippen molar-refractivity contribution >= 4 is 0 Å². The number of rotatable bonds is 1. The molecule has 0 aliphatic heterocycles. The van der Waals surface area contributed by atoms with Crippen molar-refractivity contribution in [1.29, 1.82) is 0 Å². The molecule has 0 spiro atoms. The van der Waals surface area contributed by atoms with Crippen LogP contribution in [0.4, 0.5) is 13.2 Å². The van der Waals surface area contributed by atoms with Crippen molar-refractivity contribution in [1.82, 2.24) is 0 Å². The topological polar surface area (TPSA) is 0 Å². The number of hydrogen-bond acceptors (Lipinski definition) is 0. The van der Waals surface area contributed by atoms with Crippen molar-refractivity contribution < 1.29 is 13.2 Å². The maximum absolute atomic E-state index is 12.6. The zero-order chi connectivity index (χ0) is 10.2. The van der Waals surface area contributed by atoms with Crippen LogP contribution >= 0.6 is 0 Å². The van der Waals surface area contributed by atoms with E-state index in [1.807, 2.05) is 0 Å². The molecule has 0 unspecified atom stereocenters. The molecule has 1 saturated carbocycles. The normalized spacial score (nSPS) is 17.9. The van der Waals surface area contributed by atoms with Crippen LogP contribution in [0.2, 0.25) is 0 Å². The molecule has 1 aliphatic rings. The summed E-state index contributed by atoms with van der Waals surface area (Å²) in [7, 11) is 0. The van der Waals surface area contributed by atoms with Crippen LogP contribution in [0.25, 0.3) is 0 Å². The minimum atomic E-state index is -4.20. The van der Waals surface area contributed by atoms with Crippen LogP contribution in [0.15, 0.2) is 24.3 Å². The molecule has 0 amide bonds. The van der Waals surface area contributed by atoms with E-state index in [2.05, 4.69) is 0 Å². The van der Waals surface area contributed by atoms with Gasteiger partial charge in [0.15, 0.2) is 0 Å². The number of alkyl halides is 3. The predicted octanol–water partition coefficient (Wildman–Crippen LogP) is 3.97. The third-order valence-corrected chi connectivity index (χ3v) is 2.81. The summed E-state index contributed by atoms with van der Waals surface area (Å²) in [6, 6.07) is 5.91. The van der Waals surface area contributed by atoms with E-state index in [1.165, 1.54) is 12.1 Å². The van der Waals surface area contributed by atoms with Gasteiger partial charge in [-0.3, -0.25) is 0 Å². The Morgan fingerprint density at radius 3 is 2.21 bits per heavy atom. The molecule has 2 rings (SSSR count). The second-order valence-corrected chi connectivity index (χ2v) is 3.71. The van der Waals surface area contributed by atoms with Crippen LogP contribution in [0, 0.1) is 0 Å². The van der Waals surface area contributed by atoms with Gasteiger partial charge in [0, 0.05) is 0 Å². The average molecular weight is 200 g/mol. The van der Waals surface area contributed by atoms with Gasteiger partial charge in [-0.15, -0.1) is 0 Å². The first-order valence-corrected chi connectivity index (χ1v) is 4.75. The second-order valence-electron chi connectivity index (χ2n) is 3.71. The molecule has 0 radical (unpaired) electrons. The lowest BCUT2D eigenvalue weighted by Gasteiger charge is -2.28. The maximum Gasteiger partial charge on any atom is 0.416 e. The lowest BCUT2D eigenvalue weighted by molar-refractivity contribution is -0.138. The number of halogens is 3. The molecular weight excluding hydrogens is 189 g/mol. The zero-order valence-corrected chi connectivity index (χ0v) is 7.64. The summed E-state index contributed by atoms with van der Waals surface area (Å²) < 4.78 is 37.7. The molecular formula is C11H11F3. The summed E-state index contributed by atoms with van der Waals surface area (Å²) in [4.78, 5) is 0. The monoisotopic (exact) mass is 200 g/mol. The fourth-order valence-corrected chi connectivity index (χ4v) is 1.83. The number of hydrogen-bond donors (Lipinski definition) is 0. The Balaban J connectivity index is 2.38. The van der Waals surface area contributed by atoms with Crippen LogP contribution in [-0.4, -0.2) is 0 Å². The third kappa shape index (κ3) is 1.63. The first-order chi connectivity index (χ1) is 6.59. The molecule has 14 heavy (non-hydrogen) atoms. The van der Waals surface area contributed by atoms with E-state index in [9.17, 15) is 13.2 Å². The van der Waals surface area contributed by atoms with Crippen molar-refractivity contribution in [3.05, 3.63) is 35.4 Å². The van der Waals surface area contributed by atoms with Crippen LogP contribution in [-0.2, 0) is 6.18 Å². The highest BCUT2D eigenvalue weighted by molar-refractivity contribution is 5.33. The van der Waals surface area contributed by atoms with Gasteiger partial charge in [0.05, 0.1) is 5.56 Å². The van der Waals surface area contributed by atoms with E-state index < -0.39 is 11.7 Å². The van der Waals surface area contributed by atoms with E-state index in [0.717, 1.165) is 19.3 Å². The molecule has 3 heteroatoms. The van der Waals surface area contributed by atoms with Gasteiger partial charge in [-0.05, 0) is 30.4 Å². The lowest BCUT2D eigenvalue weighted by atomic mass is 9.78. The molecule has 0 heterocycles. The van der Waals surface area contributed by atoms with Crippen molar-refractivity contribution in [2.75, 3.05) is 0 Å². The predicted molar refractivity (Wildman–Crippen MR) is 48.0 cm³/mol. The molecule has 1 fully saturated rings. The summed E-state index contributed by atoms with van der Waals surface area (Å²) in [5, 5.41) is 0. The summed E-state index contributed by atoms with van der Waals surface area (Å²) in [6.45, 7) is 0. The fourth-order valence-electron chi connectivity index (χ4n) is 1.83. The van der Waals surface area contributed by atoms with Crippen LogP contribution in [0.5, 0.6) is 0 Å². The third-order valence-electron chi connectivity index (χ3n) is 2.81. The Kier molecular flexibility index (Phi) is 2.25. The van der Waals surface area contributed by atoms with Gasteiger partial charge in [-0.1, -0.05) is 24.6 Å². The van der Waals surface area contributed by atoms with Gasteiger partial charge in [0.2, 0.25) is 0 Å². The first-order valence-electron chi connectivity index (χ1n) is 4.75. The van der Waals surface area contributed by atoms with E-state index >= 15 is 0 Å². The molecule has 0 bridgehead atoms. The quantitative estimate of drug-likeness (QED) is 0.643. The molecule has 1 aromatic carbocycles. The molecule has 0 saturated heterocycles. The van der Waals surface area contributed by atoms with Gasteiger partial charge < -0.3 is 0 Å².